The first-order chi connectivity index (χ1) is 12.1. The molecule has 134 valence electrons. The quantitative estimate of drug-likeness (QED) is 0.755. The molecule has 0 fully saturated rings. The largest absolute Gasteiger partial charge is 0.454 e. The summed E-state index contributed by atoms with van der Waals surface area (Å²) in [5.74, 6) is 1.54. The van der Waals surface area contributed by atoms with Gasteiger partial charge in [0.25, 0.3) is 0 Å². The maximum Gasteiger partial charge on any atom is 0.314 e. The number of fused-ring (bicyclic) bond motifs is 1. The van der Waals surface area contributed by atoms with Crippen molar-refractivity contribution in [3.8, 4) is 11.5 Å². The zero-order valence-electron chi connectivity index (χ0n) is 14.7. The van der Waals surface area contributed by atoms with Crippen LogP contribution >= 0.6 is 0 Å². The van der Waals surface area contributed by atoms with E-state index in [9.17, 15) is 4.79 Å². The first kappa shape index (κ1) is 17.1. The second-order valence-corrected chi connectivity index (χ2v) is 6.12. The first-order valence-corrected chi connectivity index (χ1v) is 8.53. The van der Waals surface area contributed by atoms with Crippen molar-refractivity contribution in [1.82, 2.24) is 20.4 Å². The predicted molar refractivity (Wildman–Crippen MR) is 94.0 cm³/mol. The molecule has 25 heavy (non-hydrogen) atoms. The van der Waals surface area contributed by atoms with Crippen molar-refractivity contribution in [1.29, 1.82) is 0 Å². The number of ether oxygens (including phenoxy) is 2. The van der Waals surface area contributed by atoms with Crippen molar-refractivity contribution in [2.24, 2.45) is 0 Å². The van der Waals surface area contributed by atoms with E-state index >= 15 is 0 Å². The third-order valence-electron chi connectivity index (χ3n) is 4.07. The lowest BCUT2D eigenvalue weighted by Crippen LogP contribution is -2.37. The summed E-state index contributed by atoms with van der Waals surface area (Å²) >= 11 is 0. The Morgan fingerprint density at radius 1 is 1.16 bits per heavy atom. The van der Waals surface area contributed by atoms with E-state index in [4.69, 9.17) is 9.47 Å². The average Bonchev–Trinajstić information content (AvgIpc) is 3.17. The maximum absolute atomic E-state index is 11.8. The van der Waals surface area contributed by atoms with Gasteiger partial charge in [-0.3, -0.25) is 4.68 Å². The van der Waals surface area contributed by atoms with E-state index in [0.717, 1.165) is 47.8 Å². The van der Waals surface area contributed by atoms with Crippen LogP contribution in [0.3, 0.4) is 0 Å². The number of nitrogens with zero attached hydrogens (tertiary/aromatic N) is 2. The van der Waals surface area contributed by atoms with Gasteiger partial charge in [0.05, 0.1) is 5.69 Å². The highest BCUT2D eigenvalue weighted by Gasteiger charge is 2.13. The highest BCUT2D eigenvalue weighted by atomic mass is 16.7. The second kappa shape index (κ2) is 7.92. The molecule has 2 heterocycles. The van der Waals surface area contributed by atoms with Gasteiger partial charge in [-0.25, -0.2) is 4.79 Å². The van der Waals surface area contributed by atoms with Gasteiger partial charge in [-0.05, 0) is 50.5 Å². The minimum atomic E-state index is -0.144. The second-order valence-electron chi connectivity index (χ2n) is 6.12. The number of rotatable bonds is 7. The van der Waals surface area contributed by atoms with Crippen molar-refractivity contribution in [2.45, 2.75) is 33.2 Å². The zero-order chi connectivity index (χ0) is 17.6. The highest BCUT2D eigenvalue weighted by molar-refractivity contribution is 5.73. The maximum atomic E-state index is 11.8. The monoisotopic (exact) mass is 344 g/mol. The molecule has 0 aliphatic carbocycles. The van der Waals surface area contributed by atoms with E-state index in [2.05, 4.69) is 21.8 Å². The van der Waals surface area contributed by atoms with Crippen molar-refractivity contribution >= 4 is 6.03 Å². The number of urea groups is 1. The zero-order valence-corrected chi connectivity index (χ0v) is 14.7. The van der Waals surface area contributed by atoms with Gasteiger partial charge in [-0.2, -0.15) is 5.10 Å². The predicted octanol–water partition coefficient (Wildman–Crippen LogP) is 2.16. The topological polar surface area (TPSA) is 77.4 Å². The molecule has 7 nitrogen and oxygen atoms in total. The van der Waals surface area contributed by atoms with Crippen molar-refractivity contribution < 1.29 is 14.3 Å². The minimum absolute atomic E-state index is 0.144. The molecule has 1 aliphatic heterocycles. The fourth-order valence-electron chi connectivity index (χ4n) is 2.81. The van der Waals surface area contributed by atoms with Crippen molar-refractivity contribution in [3.63, 3.8) is 0 Å². The number of benzene rings is 1. The van der Waals surface area contributed by atoms with Crippen LogP contribution in [0.4, 0.5) is 4.79 Å². The molecular weight excluding hydrogens is 320 g/mol. The van der Waals surface area contributed by atoms with E-state index in [1.54, 1.807) is 0 Å². The summed E-state index contributed by atoms with van der Waals surface area (Å²) in [5.41, 5.74) is 3.27. The Morgan fingerprint density at radius 2 is 1.96 bits per heavy atom. The molecule has 1 aromatic heterocycles. The van der Waals surface area contributed by atoms with E-state index < -0.39 is 0 Å². The van der Waals surface area contributed by atoms with Crippen LogP contribution < -0.4 is 20.1 Å². The van der Waals surface area contributed by atoms with E-state index in [1.165, 1.54) is 0 Å². The molecule has 1 aliphatic rings. The number of amides is 2. The summed E-state index contributed by atoms with van der Waals surface area (Å²) in [6.45, 7) is 6.29. The number of carbonyl (C=O) groups is 1. The lowest BCUT2D eigenvalue weighted by Gasteiger charge is -2.09. The van der Waals surface area contributed by atoms with Gasteiger partial charge in [0, 0.05) is 25.3 Å². The molecule has 0 unspecified atom stereocenters. The average molecular weight is 344 g/mol. The Morgan fingerprint density at radius 3 is 2.76 bits per heavy atom. The Balaban J connectivity index is 1.31. The Bertz CT molecular complexity index is 742. The lowest BCUT2D eigenvalue weighted by atomic mass is 10.1. The van der Waals surface area contributed by atoms with Gasteiger partial charge in [0.1, 0.15) is 0 Å². The molecule has 7 heteroatoms. The summed E-state index contributed by atoms with van der Waals surface area (Å²) in [7, 11) is 0. The van der Waals surface area contributed by atoms with E-state index in [-0.39, 0.29) is 12.8 Å². The Hall–Kier alpha value is -2.70. The molecule has 0 spiro atoms. The third kappa shape index (κ3) is 4.65. The van der Waals surface area contributed by atoms with E-state index in [0.29, 0.717) is 13.1 Å². The number of hydrogen-bond donors (Lipinski definition) is 2. The summed E-state index contributed by atoms with van der Waals surface area (Å²) in [6, 6.07) is 7.75. The number of carbonyl (C=O) groups excluding carboxylic acids is 1. The molecule has 0 saturated heterocycles. The standard InChI is InChI=1S/C18H24N4O3/c1-13-10-14(2)22(21-13)9-3-7-19-18(23)20-8-6-15-4-5-16-17(11-15)25-12-24-16/h4-5,10-11H,3,6-9,12H2,1-2H3,(H2,19,20,23). The highest BCUT2D eigenvalue weighted by Crippen LogP contribution is 2.32. The molecule has 1 aromatic carbocycles. The third-order valence-corrected chi connectivity index (χ3v) is 4.07. The van der Waals surface area contributed by atoms with Gasteiger partial charge < -0.3 is 20.1 Å². The van der Waals surface area contributed by atoms with Gasteiger partial charge in [0.2, 0.25) is 6.79 Å². The van der Waals surface area contributed by atoms with Crippen LogP contribution in [-0.2, 0) is 13.0 Å². The fourth-order valence-corrected chi connectivity index (χ4v) is 2.81. The summed E-state index contributed by atoms with van der Waals surface area (Å²) in [5, 5.41) is 10.1. The summed E-state index contributed by atoms with van der Waals surface area (Å²) in [4.78, 5) is 11.8. The minimum Gasteiger partial charge on any atom is -0.454 e. The summed E-state index contributed by atoms with van der Waals surface area (Å²) < 4.78 is 12.6. The molecule has 0 saturated carbocycles. The van der Waals surface area contributed by atoms with Crippen LogP contribution in [-0.4, -0.2) is 35.7 Å². The normalized spacial score (nSPS) is 12.2. The smallest absolute Gasteiger partial charge is 0.314 e. The van der Waals surface area contributed by atoms with Crippen LogP contribution in [0.25, 0.3) is 0 Å². The fraction of sp³-hybridized carbons (Fsp3) is 0.444. The van der Waals surface area contributed by atoms with Crippen LogP contribution in [0.1, 0.15) is 23.4 Å². The summed E-state index contributed by atoms with van der Waals surface area (Å²) in [6.07, 6.45) is 1.59. The number of nitrogens with one attached hydrogen (secondary N) is 2. The van der Waals surface area contributed by atoms with E-state index in [1.807, 2.05) is 36.7 Å². The molecule has 3 rings (SSSR count). The SMILES string of the molecule is Cc1cc(C)n(CCCNC(=O)NCCc2ccc3c(c2)OCO3)n1. The van der Waals surface area contributed by atoms with Crippen LogP contribution in [0.15, 0.2) is 24.3 Å². The first-order valence-electron chi connectivity index (χ1n) is 8.53. The molecule has 0 radical (unpaired) electrons. The molecular formula is C18H24N4O3. The lowest BCUT2D eigenvalue weighted by molar-refractivity contribution is 0.174. The number of aryl methyl sites for hydroxylation is 3. The van der Waals surface area contributed by atoms with Crippen molar-refractivity contribution in [3.05, 3.63) is 41.2 Å². The number of aromatic nitrogens is 2. The van der Waals surface area contributed by atoms with Crippen LogP contribution in [0, 0.1) is 13.8 Å². The van der Waals surface area contributed by atoms with Gasteiger partial charge in [0.15, 0.2) is 11.5 Å². The van der Waals surface area contributed by atoms with Gasteiger partial charge >= 0.3 is 6.03 Å². The van der Waals surface area contributed by atoms with Crippen molar-refractivity contribution in [2.75, 3.05) is 19.9 Å². The Kier molecular flexibility index (Phi) is 5.42. The molecule has 0 bridgehead atoms. The van der Waals surface area contributed by atoms with Crippen LogP contribution in [0.2, 0.25) is 0 Å². The van der Waals surface area contributed by atoms with Crippen LogP contribution in [0.5, 0.6) is 11.5 Å². The van der Waals surface area contributed by atoms with Gasteiger partial charge in [-0.1, -0.05) is 6.07 Å². The molecule has 2 N–H and O–H groups in total. The molecule has 2 aromatic rings. The molecule has 2 amide bonds. The number of hydrogen-bond acceptors (Lipinski definition) is 4. The van der Waals surface area contributed by atoms with Gasteiger partial charge in [-0.15, -0.1) is 0 Å². The molecule has 0 atom stereocenters. The Labute approximate surface area is 147 Å².